The highest BCUT2D eigenvalue weighted by molar-refractivity contribution is 7.19. The van der Waals surface area contributed by atoms with E-state index in [0.29, 0.717) is 27.2 Å². The Hall–Kier alpha value is -3.85. The number of anilines is 1. The number of primary amides is 1. The van der Waals surface area contributed by atoms with Crippen LogP contribution in [0.15, 0.2) is 59.4 Å². The van der Waals surface area contributed by atoms with Gasteiger partial charge in [-0.3, -0.25) is 14.4 Å². The highest BCUT2D eigenvalue weighted by atomic mass is 32.1. The maximum Gasteiger partial charge on any atom is 0.294 e. The van der Waals surface area contributed by atoms with Crippen LogP contribution in [0.1, 0.15) is 15.4 Å². The zero-order valence-corrected chi connectivity index (χ0v) is 16.8. The normalized spacial score (nSPS) is 10.8. The first-order valence-electron chi connectivity index (χ1n) is 9.06. The van der Waals surface area contributed by atoms with Crippen molar-refractivity contribution in [3.05, 3.63) is 75.5 Å². The molecule has 4 rings (SSSR count). The molecule has 0 bridgehead atoms. The van der Waals surface area contributed by atoms with Crippen LogP contribution >= 0.6 is 11.3 Å². The van der Waals surface area contributed by atoms with E-state index >= 15 is 0 Å². The average Bonchev–Trinajstić information content (AvgIpc) is 3.13. The number of hydrogen-bond acceptors (Lipinski definition) is 6. The Balaban J connectivity index is 1.67. The number of fused-ring (bicyclic) bond motifs is 1. The minimum absolute atomic E-state index is 0.275. The molecular formula is C21H17N5O3S. The van der Waals surface area contributed by atoms with E-state index in [1.54, 1.807) is 12.1 Å². The molecule has 2 aromatic heterocycles. The van der Waals surface area contributed by atoms with E-state index in [9.17, 15) is 14.4 Å². The van der Waals surface area contributed by atoms with Crippen LogP contribution in [0.2, 0.25) is 0 Å². The molecule has 0 aliphatic carbocycles. The summed E-state index contributed by atoms with van der Waals surface area (Å²) >= 11 is 1.40. The second-order valence-corrected chi connectivity index (χ2v) is 7.78. The highest BCUT2D eigenvalue weighted by Crippen LogP contribution is 2.29. The molecule has 0 fully saturated rings. The number of hydrogen-bond donors (Lipinski definition) is 2. The molecule has 0 radical (unpaired) electrons. The van der Waals surface area contributed by atoms with Crippen molar-refractivity contribution < 1.29 is 9.59 Å². The zero-order chi connectivity index (χ0) is 21.3. The number of carbonyl (C=O) groups excluding carboxylic acids is 2. The van der Waals surface area contributed by atoms with Crippen molar-refractivity contribution in [2.75, 3.05) is 5.32 Å². The van der Waals surface area contributed by atoms with Gasteiger partial charge >= 0.3 is 0 Å². The lowest BCUT2D eigenvalue weighted by atomic mass is 10.1. The van der Waals surface area contributed by atoms with E-state index in [1.807, 2.05) is 37.3 Å². The summed E-state index contributed by atoms with van der Waals surface area (Å²) in [5, 5.41) is 7.89. The van der Waals surface area contributed by atoms with Gasteiger partial charge in [-0.2, -0.15) is 5.10 Å². The summed E-state index contributed by atoms with van der Waals surface area (Å²) < 4.78 is 1.82. The first-order chi connectivity index (χ1) is 14.4. The zero-order valence-electron chi connectivity index (χ0n) is 16.0. The highest BCUT2D eigenvalue weighted by Gasteiger charge is 2.18. The van der Waals surface area contributed by atoms with Gasteiger partial charge in [0.15, 0.2) is 5.52 Å². The van der Waals surface area contributed by atoms with Crippen molar-refractivity contribution in [1.82, 2.24) is 14.8 Å². The third kappa shape index (κ3) is 3.83. The van der Waals surface area contributed by atoms with E-state index < -0.39 is 17.4 Å². The quantitative estimate of drug-likeness (QED) is 0.515. The second-order valence-electron chi connectivity index (χ2n) is 6.58. The molecule has 2 aromatic carbocycles. The van der Waals surface area contributed by atoms with Gasteiger partial charge in [-0.25, -0.2) is 9.67 Å². The third-order valence-corrected chi connectivity index (χ3v) is 5.38. The fourth-order valence-electron chi connectivity index (χ4n) is 3.01. The van der Waals surface area contributed by atoms with Crippen LogP contribution in [0.3, 0.4) is 0 Å². The summed E-state index contributed by atoms with van der Waals surface area (Å²) in [6, 6.07) is 15.6. The Morgan fingerprint density at radius 1 is 1.10 bits per heavy atom. The summed E-state index contributed by atoms with van der Waals surface area (Å²) in [5.74, 6) is -0.981. The fourth-order valence-corrected chi connectivity index (χ4v) is 3.93. The van der Waals surface area contributed by atoms with Gasteiger partial charge in [-0.1, -0.05) is 30.3 Å². The number of carbonyl (C=O) groups is 2. The standard InChI is InChI=1S/C21H17N5O3S/c1-12-23-18-19(30-12)17(13-5-3-2-4-6-13)25-26(21(18)29)11-16(27)24-15-9-7-14(8-10-15)20(22)28/h2-10H,11H2,1H3,(H2,22,28)(H,24,27). The number of aromatic nitrogens is 3. The molecular weight excluding hydrogens is 402 g/mol. The van der Waals surface area contributed by atoms with Crippen LogP contribution in [0, 0.1) is 6.92 Å². The molecule has 4 aromatic rings. The molecule has 0 saturated carbocycles. The predicted octanol–water partition coefficient (Wildman–Crippen LogP) is 2.57. The minimum atomic E-state index is -0.552. The number of amides is 2. The van der Waals surface area contributed by atoms with Crippen LogP contribution in [0.4, 0.5) is 5.69 Å². The van der Waals surface area contributed by atoms with Crippen LogP contribution in [-0.2, 0) is 11.3 Å². The number of rotatable bonds is 5. The van der Waals surface area contributed by atoms with Gasteiger partial charge in [-0.05, 0) is 31.2 Å². The number of aryl methyl sites for hydroxylation is 1. The van der Waals surface area contributed by atoms with E-state index in [2.05, 4.69) is 15.4 Å². The van der Waals surface area contributed by atoms with Crippen molar-refractivity contribution >= 4 is 39.1 Å². The van der Waals surface area contributed by atoms with E-state index in [-0.39, 0.29) is 6.54 Å². The number of nitrogens with zero attached hydrogens (tertiary/aromatic N) is 3. The molecule has 0 unspecified atom stereocenters. The largest absolute Gasteiger partial charge is 0.366 e. The molecule has 0 atom stereocenters. The molecule has 2 amide bonds. The molecule has 2 heterocycles. The fraction of sp³-hybridized carbons (Fsp3) is 0.0952. The minimum Gasteiger partial charge on any atom is -0.366 e. The summed E-state index contributed by atoms with van der Waals surface area (Å²) in [5.41, 5.74) is 7.34. The van der Waals surface area contributed by atoms with Crippen molar-refractivity contribution in [1.29, 1.82) is 0 Å². The summed E-state index contributed by atoms with van der Waals surface area (Å²) in [6.07, 6.45) is 0. The summed E-state index contributed by atoms with van der Waals surface area (Å²) in [6.45, 7) is 1.55. The van der Waals surface area contributed by atoms with Crippen LogP contribution in [-0.4, -0.2) is 26.6 Å². The summed E-state index contributed by atoms with van der Waals surface area (Å²) in [4.78, 5) is 40.9. The predicted molar refractivity (Wildman–Crippen MR) is 115 cm³/mol. The second kappa shape index (κ2) is 7.88. The smallest absolute Gasteiger partial charge is 0.294 e. The Morgan fingerprint density at radius 2 is 1.80 bits per heavy atom. The molecule has 8 nitrogen and oxygen atoms in total. The Bertz CT molecular complexity index is 1310. The van der Waals surface area contributed by atoms with Crippen molar-refractivity contribution in [2.24, 2.45) is 5.73 Å². The molecule has 0 spiro atoms. The topological polar surface area (TPSA) is 120 Å². The van der Waals surface area contributed by atoms with Crippen LogP contribution < -0.4 is 16.6 Å². The van der Waals surface area contributed by atoms with Gasteiger partial charge in [0.05, 0.1) is 9.71 Å². The third-order valence-electron chi connectivity index (χ3n) is 4.40. The number of thiazole rings is 1. The van der Waals surface area contributed by atoms with E-state index in [0.717, 1.165) is 15.3 Å². The summed E-state index contributed by atoms with van der Waals surface area (Å²) in [7, 11) is 0. The Morgan fingerprint density at radius 3 is 2.47 bits per heavy atom. The van der Waals surface area contributed by atoms with Gasteiger partial charge in [0.1, 0.15) is 12.2 Å². The molecule has 0 aliphatic heterocycles. The van der Waals surface area contributed by atoms with Crippen LogP contribution in [0.5, 0.6) is 0 Å². The lowest BCUT2D eigenvalue weighted by molar-refractivity contribution is -0.117. The number of nitrogens with two attached hydrogens (primary N) is 1. The van der Waals surface area contributed by atoms with Crippen molar-refractivity contribution in [3.63, 3.8) is 0 Å². The molecule has 9 heteroatoms. The van der Waals surface area contributed by atoms with E-state index in [1.165, 1.54) is 23.5 Å². The van der Waals surface area contributed by atoms with Gasteiger partial charge in [-0.15, -0.1) is 11.3 Å². The van der Waals surface area contributed by atoms with Crippen molar-refractivity contribution in [2.45, 2.75) is 13.5 Å². The van der Waals surface area contributed by atoms with Gasteiger partial charge in [0.2, 0.25) is 11.8 Å². The monoisotopic (exact) mass is 419 g/mol. The molecule has 0 aliphatic rings. The lowest BCUT2D eigenvalue weighted by Gasteiger charge is -2.09. The first kappa shape index (κ1) is 19.5. The maximum absolute atomic E-state index is 12.8. The molecule has 30 heavy (non-hydrogen) atoms. The Labute approximate surface area is 175 Å². The number of benzene rings is 2. The van der Waals surface area contributed by atoms with E-state index in [4.69, 9.17) is 5.73 Å². The first-order valence-corrected chi connectivity index (χ1v) is 9.87. The molecule has 0 saturated heterocycles. The van der Waals surface area contributed by atoms with Gasteiger partial charge < -0.3 is 11.1 Å². The number of nitrogens with one attached hydrogen (secondary N) is 1. The average molecular weight is 419 g/mol. The molecule has 150 valence electrons. The van der Waals surface area contributed by atoms with Gasteiger partial charge in [0.25, 0.3) is 5.56 Å². The lowest BCUT2D eigenvalue weighted by Crippen LogP contribution is -2.30. The maximum atomic E-state index is 12.8. The molecule has 3 N–H and O–H groups in total. The van der Waals surface area contributed by atoms with Crippen molar-refractivity contribution in [3.8, 4) is 11.3 Å². The van der Waals surface area contributed by atoms with Crippen LogP contribution in [0.25, 0.3) is 21.5 Å². The Kier molecular flexibility index (Phi) is 5.11. The SMILES string of the molecule is Cc1nc2c(=O)n(CC(=O)Nc3ccc(C(N)=O)cc3)nc(-c3ccccc3)c2s1. The van der Waals surface area contributed by atoms with Gasteiger partial charge in [0, 0.05) is 16.8 Å².